The predicted octanol–water partition coefficient (Wildman–Crippen LogP) is 13.8. The van der Waals surface area contributed by atoms with Gasteiger partial charge in [-0.1, -0.05) is 193 Å². The molecule has 4 nitrogen and oxygen atoms in total. The van der Waals surface area contributed by atoms with E-state index in [-0.39, 0.29) is 12.5 Å². The highest BCUT2D eigenvalue weighted by atomic mass is 16.3. The molecule has 0 fully saturated rings. The van der Waals surface area contributed by atoms with Crippen LogP contribution in [0.2, 0.25) is 0 Å². The Labute approximate surface area is 333 Å². The molecule has 0 aromatic heterocycles. The van der Waals surface area contributed by atoms with Gasteiger partial charge in [0.05, 0.1) is 18.8 Å². The van der Waals surface area contributed by atoms with Crippen molar-refractivity contribution < 1.29 is 15.0 Å². The molecule has 0 saturated heterocycles. The van der Waals surface area contributed by atoms with Gasteiger partial charge in [-0.2, -0.15) is 0 Å². The minimum atomic E-state index is -0.860. The molecule has 0 aliphatic heterocycles. The molecule has 1 amide bonds. The topological polar surface area (TPSA) is 69.6 Å². The summed E-state index contributed by atoms with van der Waals surface area (Å²) in [5, 5.41) is 22.9. The number of amides is 1. The van der Waals surface area contributed by atoms with Crippen molar-refractivity contribution in [3.05, 3.63) is 122 Å². The van der Waals surface area contributed by atoms with E-state index in [9.17, 15) is 15.0 Å². The fourth-order valence-electron chi connectivity index (χ4n) is 5.64. The second-order valence-electron chi connectivity index (χ2n) is 14.0. The largest absolute Gasteiger partial charge is 0.394 e. The lowest BCUT2D eigenvalue weighted by molar-refractivity contribution is -0.123. The Bertz CT molecular complexity index is 1120. The standard InChI is InChI=1S/C50H81NO3/c1-3-5-7-9-11-13-15-16-17-18-19-20-21-22-23-24-25-26-27-28-29-30-31-32-33-34-36-38-40-42-44-46-50(54)51-48(47-52)49(53)45-43-41-39-37-35-14-12-10-8-6-4-2/h5,7,11,13,16-17,19-20,22-23,25-26,28-29,31-32,34,36,43,45,48-49,52-53H,3-4,6,8-10,12,14-15,18,21,24,27,30,33,35,37-42,44,46-47H2,1-2H3,(H,51,54)/b7-5-,13-11-,17-16-,20-19-,23-22-,26-25-,29-28-,32-31-,36-34-,45-43+. The number of nitrogens with one attached hydrogen (secondary N) is 1. The summed E-state index contributed by atoms with van der Waals surface area (Å²) in [5.41, 5.74) is 0. The number of allylic oxidation sites excluding steroid dienone is 19. The lowest BCUT2D eigenvalue weighted by Gasteiger charge is -2.19. The molecule has 0 rings (SSSR count). The third-order valence-corrected chi connectivity index (χ3v) is 8.95. The number of rotatable bonds is 37. The van der Waals surface area contributed by atoms with Crippen LogP contribution in [0.1, 0.15) is 168 Å². The quantitative estimate of drug-likeness (QED) is 0.0438. The molecular weight excluding hydrogens is 663 g/mol. The Balaban J connectivity index is 3.75. The van der Waals surface area contributed by atoms with Crippen LogP contribution in [0.4, 0.5) is 0 Å². The number of carbonyl (C=O) groups excluding carboxylic acids is 1. The van der Waals surface area contributed by atoms with Crippen molar-refractivity contribution in [2.45, 2.75) is 180 Å². The van der Waals surface area contributed by atoms with Gasteiger partial charge in [0.2, 0.25) is 5.91 Å². The Morgan fingerprint density at radius 3 is 1.22 bits per heavy atom. The minimum Gasteiger partial charge on any atom is -0.394 e. The van der Waals surface area contributed by atoms with E-state index < -0.39 is 12.1 Å². The van der Waals surface area contributed by atoms with Gasteiger partial charge in [0.1, 0.15) is 0 Å². The minimum absolute atomic E-state index is 0.104. The molecule has 0 radical (unpaired) electrons. The van der Waals surface area contributed by atoms with Crippen LogP contribution in [-0.2, 0) is 4.79 Å². The normalized spacial score (nSPS) is 14.2. The summed E-state index contributed by atoms with van der Waals surface area (Å²) in [4.78, 5) is 12.3. The number of aliphatic hydroxyl groups excluding tert-OH is 2. The van der Waals surface area contributed by atoms with Crippen LogP contribution in [0.25, 0.3) is 0 Å². The van der Waals surface area contributed by atoms with E-state index >= 15 is 0 Å². The molecule has 0 saturated carbocycles. The molecular formula is C50H81NO3. The first-order valence-corrected chi connectivity index (χ1v) is 21.7. The molecule has 0 heterocycles. The zero-order chi connectivity index (χ0) is 39.3. The fourth-order valence-corrected chi connectivity index (χ4v) is 5.64. The molecule has 3 N–H and O–H groups in total. The first-order chi connectivity index (χ1) is 26.7. The fraction of sp³-hybridized carbons (Fsp3) is 0.580. The maximum Gasteiger partial charge on any atom is 0.220 e. The Morgan fingerprint density at radius 1 is 0.463 bits per heavy atom. The van der Waals surface area contributed by atoms with Gasteiger partial charge >= 0.3 is 0 Å². The van der Waals surface area contributed by atoms with E-state index in [0.717, 1.165) is 96.3 Å². The van der Waals surface area contributed by atoms with Crippen molar-refractivity contribution in [2.75, 3.05) is 6.61 Å². The van der Waals surface area contributed by atoms with E-state index in [2.05, 4.69) is 129 Å². The Morgan fingerprint density at radius 2 is 0.815 bits per heavy atom. The van der Waals surface area contributed by atoms with Crippen LogP contribution >= 0.6 is 0 Å². The summed E-state index contributed by atoms with van der Waals surface area (Å²) in [6, 6.07) is -0.647. The van der Waals surface area contributed by atoms with Gasteiger partial charge in [-0.15, -0.1) is 0 Å². The van der Waals surface area contributed by atoms with Crippen molar-refractivity contribution in [2.24, 2.45) is 0 Å². The lowest BCUT2D eigenvalue weighted by Crippen LogP contribution is -2.45. The maximum absolute atomic E-state index is 12.3. The van der Waals surface area contributed by atoms with Crippen LogP contribution in [0.3, 0.4) is 0 Å². The Hall–Kier alpha value is -3.21. The average Bonchev–Trinajstić information content (AvgIpc) is 3.18. The van der Waals surface area contributed by atoms with Gasteiger partial charge in [0.15, 0.2) is 0 Å². The number of aliphatic hydroxyl groups is 2. The summed E-state index contributed by atoms with van der Waals surface area (Å²) in [7, 11) is 0. The maximum atomic E-state index is 12.3. The molecule has 304 valence electrons. The predicted molar refractivity (Wildman–Crippen MR) is 239 cm³/mol. The summed E-state index contributed by atoms with van der Waals surface area (Å²) in [5.74, 6) is -0.104. The van der Waals surface area contributed by atoms with E-state index in [0.29, 0.717) is 6.42 Å². The molecule has 2 unspecified atom stereocenters. The molecule has 0 aromatic carbocycles. The van der Waals surface area contributed by atoms with Gasteiger partial charge in [0, 0.05) is 6.42 Å². The molecule has 0 aliphatic rings. The molecule has 0 aromatic rings. The zero-order valence-corrected chi connectivity index (χ0v) is 34.7. The van der Waals surface area contributed by atoms with Gasteiger partial charge in [-0.25, -0.2) is 0 Å². The first kappa shape index (κ1) is 50.8. The highest BCUT2D eigenvalue weighted by Gasteiger charge is 2.17. The van der Waals surface area contributed by atoms with E-state index in [1.807, 2.05) is 6.08 Å². The molecule has 0 aliphatic carbocycles. The number of hydrogen-bond acceptors (Lipinski definition) is 3. The zero-order valence-electron chi connectivity index (χ0n) is 34.7. The van der Waals surface area contributed by atoms with Crippen molar-refractivity contribution in [1.82, 2.24) is 5.32 Å². The van der Waals surface area contributed by atoms with Gasteiger partial charge < -0.3 is 15.5 Å². The third-order valence-electron chi connectivity index (χ3n) is 8.95. The SMILES string of the molecule is CC/C=C\C/C=C\C/C=C\C/C=C\C/C=C\C/C=C\C/C=C\C/C=C\C/C=C\CCCCCC(=O)NC(CO)C(O)/C=C/CCCCCCCCCCC. The monoisotopic (exact) mass is 744 g/mol. The Kier molecular flexibility index (Phi) is 41.6. The first-order valence-electron chi connectivity index (χ1n) is 21.7. The van der Waals surface area contributed by atoms with Crippen LogP contribution in [0.15, 0.2) is 122 Å². The van der Waals surface area contributed by atoms with E-state index in [1.54, 1.807) is 6.08 Å². The van der Waals surface area contributed by atoms with E-state index in [1.165, 1.54) is 51.4 Å². The highest BCUT2D eigenvalue weighted by molar-refractivity contribution is 5.76. The van der Waals surface area contributed by atoms with Crippen LogP contribution in [0, 0.1) is 0 Å². The highest BCUT2D eigenvalue weighted by Crippen LogP contribution is 2.11. The van der Waals surface area contributed by atoms with Gasteiger partial charge in [0.25, 0.3) is 0 Å². The average molecular weight is 744 g/mol. The van der Waals surface area contributed by atoms with Crippen LogP contribution in [-0.4, -0.2) is 34.9 Å². The lowest BCUT2D eigenvalue weighted by atomic mass is 10.1. The summed E-state index contributed by atoms with van der Waals surface area (Å²) >= 11 is 0. The van der Waals surface area contributed by atoms with E-state index in [4.69, 9.17) is 0 Å². The number of unbranched alkanes of at least 4 members (excludes halogenated alkanes) is 12. The van der Waals surface area contributed by atoms with Gasteiger partial charge in [-0.05, 0) is 89.9 Å². The number of carbonyl (C=O) groups is 1. The van der Waals surface area contributed by atoms with Crippen LogP contribution < -0.4 is 5.32 Å². The summed E-state index contributed by atoms with van der Waals surface area (Å²) < 4.78 is 0. The molecule has 0 spiro atoms. The molecule has 0 bridgehead atoms. The van der Waals surface area contributed by atoms with Crippen molar-refractivity contribution >= 4 is 5.91 Å². The second kappa shape index (κ2) is 44.2. The second-order valence-corrected chi connectivity index (χ2v) is 14.0. The third kappa shape index (κ3) is 40.0. The molecule has 54 heavy (non-hydrogen) atoms. The van der Waals surface area contributed by atoms with Crippen LogP contribution in [0.5, 0.6) is 0 Å². The smallest absolute Gasteiger partial charge is 0.220 e. The molecule has 4 heteroatoms. The van der Waals surface area contributed by atoms with Gasteiger partial charge in [-0.3, -0.25) is 4.79 Å². The summed E-state index contributed by atoms with van der Waals surface area (Å²) in [6.07, 6.45) is 68.7. The van der Waals surface area contributed by atoms with Crippen molar-refractivity contribution in [3.8, 4) is 0 Å². The van der Waals surface area contributed by atoms with Crippen molar-refractivity contribution in [1.29, 1.82) is 0 Å². The summed E-state index contributed by atoms with van der Waals surface area (Å²) in [6.45, 7) is 4.14. The van der Waals surface area contributed by atoms with Crippen molar-refractivity contribution in [3.63, 3.8) is 0 Å². The number of hydrogen-bond donors (Lipinski definition) is 3. The molecule has 2 atom stereocenters.